The van der Waals surface area contributed by atoms with Gasteiger partial charge >= 0.3 is 5.97 Å². The number of rotatable bonds is 8. The van der Waals surface area contributed by atoms with E-state index in [-0.39, 0.29) is 22.4 Å². The quantitative estimate of drug-likeness (QED) is 0.491. The summed E-state index contributed by atoms with van der Waals surface area (Å²) in [4.78, 5) is 17.9. The summed E-state index contributed by atoms with van der Waals surface area (Å²) in [5, 5.41) is 2.19. The molecule has 160 valence electrons. The number of benzene rings is 1. The smallest absolute Gasteiger partial charge is 0.324 e. The molecule has 0 fully saturated rings. The zero-order chi connectivity index (χ0) is 21.9. The van der Waals surface area contributed by atoms with Crippen LogP contribution in [0.1, 0.15) is 25.3 Å². The fourth-order valence-electron chi connectivity index (χ4n) is 2.62. The van der Waals surface area contributed by atoms with Crippen LogP contribution in [0.5, 0.6) is 0 Å². The normalized spacial score (nSPS) is 12.8. The summed E-state index contributed by atoms with van der Waals surface area (Å²) in [7, 11) is -3.96. The van der Waals surface area contributed by atoms with Gasteiger partial charge in [0.2, 0.25) is 15.9 Å². The van der Waals surface area contributed by atoms with Crippen molar-refractivity contribution in [3.05, 3.63) is 58.3 Å². The van der Waals surface area contributed by atoms with Crippen molar-refractivity contribution in [1.82, 2.24) is 9.71 Å². The minimum Gasteiger partial charge on any atom is -0.458 e. The maximum atomic E-state index is 12.7. The average Bonchev–Trinajstić information content (AvgIpc) is 3.34. The molecule has 0 unspecified atom stereocenters. The van der Waals surface area contributed by atoms with Crippen LogP contribution in [0.15, 0.2) is 51.1 Å². The van der Waals surface area contributed by atoms with Gasteiger partial charge in [-0.25, -0.2) is 13.4 Å². The highest BCUT2D eigenvalue weighted by molar-refractivity contribution is 7.89. The van der Waals surface area contributed by atoms with Gasteiger partial charge in [0.25, 0.3) is 0 Å². The lowest BCUT2D eigenvalue weighted by atomic mass is 10.1. The van der Waals surface area contributed by atoms with Crippen LogP contribution in [0.2, 0.25) is 5.02 Å². The lowest BCUT2D eigenvalue weighted by Crippen LogP contribution is -2.45. The van der Waals surface area contributed by atoms with Crippen LogP contribution in [-0.4, -0.2) is 25.4 Å². The Balaban J connectivity index is 1.71. The molecule has 0 aliphatic carbocycles. The Morgan fingerprint density at radius 3 is 2.70 bits per heavy atom. The van der Waals surface area contributed by atoms with E-state index in [2.05, 4.69) is 9.71 Å². The number of halogens is 1. The predicted molar refractivity (Wildman–Crippen MR) is 115 cm³/mol. The van der Waals surface area contributed by atoms with Crippen LogP contribution < -0.4 is 4.72 Å². The topological polar surface area (TPSA) is 98.5 Å². The maximum absolute atomic E-state index is 12.7. The number of ether oxygens (including phenoxy) is 1. The van der Waals surface area contributed by atoms with Crippen LogP contribution in [0.25, 0.3) is 10.8 Å². The molecule has 0 amide bonds. The summed E-state index contributed by atoms with van der Waals surface area (Å²) in [6.45, 7) is 5.06. The van der Waals surface area contributed by atoms with Crippen molar-refractivity contribution in [2.45, 2.75) is 38.3 Å². The number of nitrogens with zero attached hydrogens (tertiary/aromatic N) is 1. The minimum atomic E-state index is -3.96. The standard InChI is InChI=1S/C20H21ClN2O5S2/c1-12(2)18(23-30(25,26)15-7-4-6-14(21)10-15)20(24)27-11-16-13(3)28-19(22-16)17-8-5-9-29-17/h4-10,12,18,23H,11H2,1-3H3/t18-/m0/s1. The second-order valence-corrected chi connectivity index (χ2v) is 10.0. The molecule has 0 saturated heterocycles. The molecule has 2 heterocycles. The third-order valence-electron chi connectivity index (χ3n) is 4.28. The number of aromatic nitrogens is 1. The van der Waals surface area contributed by atoms with Gasteiger partial charge in [0, 0.05) is 5.02 Å². The molecule has 1 aromatic carbocycles. The maximum Gasteiger partial charge on any atom is 0.324 e. The summed E-state index contributed by atoms with van der Waals surface area (Å²) in [5.74, 6) is -0.0513. The average molecular weight is 469 g/mol. The van der Waals surface area contributed by atoms with Gasteiger partial charge in [0.15, 0.2) is 0 Å². The van der Waals surface area contributed by atoms with Gasteiger partial charge in [0.1, 0.15) is 24.1 Å². The van der Waals surface area contributed by atoms with Gasteiger partial charge in [-0.15, -0.1) is 11.3 Å². The molecule has 0 bridgehead atoms. The SMILES string of the molecule is Cc1oc(-c2cccs2)nc1COC(=O)[C@@H](NS(=O)(=O)c1cccc(Cl)c1)C(C)C. The van der Waals surface area contributed by atoms with Crippen LogP contribution >= 0.6 is 22.9 Å². The molecule has 0 saturated carbocycles. The Bertz CT molecular complexity index is 1120. The molecule has 7 nitrogen and oxygen atoms in total. The number of hydrogen-bond acceptors (Lipinski definition) is 7. The minimum absolute atomic E-state index is 0.0265. The summed E-state index contributed by atoms with van der Waals surface area (Å²) in [6.07, 6.45) is 0. The summed E-state index contributed by atoms with van der Waals surface area (Å²) >= 11 is 7.37. The number of thiophene rings is 1. The van der Waals surface area contributed by atoms with Gasteiger partial charge in [-0.1, -0.05) is 37.6 Å². The number of carbonyl (C=O) groups is 1. The molecule has 0 radical (unpaired) electrons. The first kappa shape index (κ1) is 22.5. The van der Waals surface area contributed by atoms with Crippen molar-refractivity contribution >= 4 is 38.9 Å². The highest BCUT2D eigenvalue weighted by Gasteiger charge is 2.30. The van der Waals surface area contributed by atoms with Crippen molar-refractivity contribution in [3.8, 4) is 10.8 Å². The number of hydrogen-bond donors (Lipinski definition) is 1. The summed E-state index contributed by atoms with van der Waals surface area (Å²) in [5.41, 5.74) is 0.479. The first-order valence-electron chi connectivity index (χ1n) is 9.12. The highest BCUT2D eigenvalue weighted by atomic mass is 35.5. The van der Waals surface area contributed by atoms with Crippen LogP contribution in [0.4, 0.5) is 0 Å². The Morgan fingerprint density at radius 2 is 2.07 bits per heavy atom. The Kier molecular flexibility index (Phi) is 6.97. The number of oxazole rings is 1. The summed E-state index contributed by atoms with van der Waals surface area (Å²) in [6, 6.07) is 8.51. The molecule has 2 aromatic heterocycles. The van der Waals surface area contributed by atoms with Crippen molar-refractivity contribution < 1.29 is 22.4 Å². The third-order valence-corrected chi connectivity index (χ3v) is 6.82. The van der Waals surface area contributed by atoms with Gasteiger partial charge < -0.3 is 9.15 Å². The molecule has 30 heavy (non-hydrogen) atoms. The Labute approximate surface area is 184 Å². The van der Waals surface area contributed by atoms with Gasteiger partial charge in [-0.05, 0) is 42.5 Å². The lowest BCUT2D eigenvalue weighted by molar-refractivity contribution is -0.148. The van der Waals surface area contributed by atoms with Crippen molar-refractivity contribution in [1.29, 1.82) is 0 Å². The molecule has 3 aromatic rings. The number of carbonyl (C=O) groups excluding carboxylic acids is 1. The number of aryl methyl sites for hydroxylation is 1. The van der Waals surface area contributed by atoms with Crippen molar-refractivity contribution in [2.75, 3.05) is 0 Å². The van der Waals surface area contributed by atoms with E-state index in [1.54, 1.807) is 26.8 Å². The van der Waals surface area contributed by atoms with Crippen LogP contribution in [-0.2, 0) is 26.2 Å². The Morgan fingerprint density at radius 1 is 1.30 bits per heavy atom. The van der Waals surface area contributed by atoms with E-state index in [4.69, 9.17) is 20.8 Å². The molecular formula is C20H21ClN2O5S2. The fraction of sp³-hybridized carbons (Fsp3) is 0.300. The van der Waals surface area contributed by atoms with Crippen LogP contribution in [0.3, 0.4) is 0 Å². The molecule has 1 N–H and O–H groups in total. The van der Waals surface area contributed by atoms with Gasteiger partial charge in [-0.2, -0.15) is 4.72 Å². The number of esters is 1. The third kappa shape index (κ3) is 5.28. The van der Waals surface area contributed by atoms with E-state index in [1.165, 1.54) is 29.5 Å². The van der Waals surface area contributed by atoms with E-state index in [0.29, 0.717) is 17.3 Å². The number of sulfonamides is 1. The first-order chi connectivity index (χ1) is 14.2. The van der Waals surface area contributed by atoms with Crippen molar-refractivity contribution in [3.63, 3.8) is 0 Å². The number of nitrogens with one attached hydrogen (secondary N) is 1. The monoisotopic (exact) mass is 468 g/mol. The molecule has 10 heteroatoms. The second-order valence-electron chi connectivity index (χ2n) is 6.91. The van der Waals surface area contributed by atoms with E-state index in [9.17, 15) is 13.2 Å². The largest absolute Gasteiger partial charge is 0.458 e. The highest BCUT2D eigenvalue weighted by Crippen LogP contribution is 2.26. The van der Waals surface area contributed by atoms with E-state index >= 15 is 0 Å². The predicted octanol–water partition coefficient (Wildman–Crippen LogP) is 4.41. The van der Waals surface area contributed by atoms with Gasteiger partial charge in [-0.3, -0.25) is 4.79 Å². The summed E-state index contributed by atoms with van der Waals surface area (Å²) < 4.78 is 38.7. The second kappa shape index (κ2) is 9.30. The van der Waals surface area contributed by atoms with Crippen molar-refractivity contribution in [2.24, 2.45) is 5.92 Å². The van der Waals surface area contributed by atoms with E-state index in [0.717, 1.165) is 4.88 Å². The molecule has 0 aliphatic rings. The lowest BCUT2D eigenvalue weighted by Gasteiger charge is -2.20. The molecule has 3 rings (SSSR count). The van der Waals surface area contributed by atoms with Gasteiger partial charge in [0.05, 0.1) is 9.77 Å². The Hall–Kier alpha value is -2.20. The first-order valence-corrected chi connectivity index (χ1v) is 11.9. The molecule has 0 spiro atoms. The van der Waals surface area contributed by atoms with E-state index in [1.807, 2.05) is 17.5 Å². The zero-order valence-corrected chi connectivity index (χ0v) is 19.0. The van der Waals surface area contributed by atoms with E-state index < -0.39 is 22.0 Å². The van der Waals surface area contributed by atoms with Crippen LogP contribution in [0, 0.1) is 12.8 Å². The molecule has 1 atom stereocenters. The fourth-order valence-corrected chi connectivity index (χ4v) is 4.91. The molecule has 0 aliphatic heterocycles. The zero-order valence-electron chi connectivity index (χ0n) is 16.6. The molecular weight excluding hydrogens is 448 g/mol.